The van der Waals surface area contributed by atoms with Gasteiger partial charge in [0, 0.05) is 0 Å². The van der Waals surface area contributed by atoms with Crippen molar-refractivity contribution in [2.24, 2.45) is 0 Å². The third-order valence-corrected chi connectivity index (χ3v) is 13.4. The zero-order valence-corrected chi connectivity index (χ0v) is 21.5. The van der Waals surface area contributed by atoms with E-state index in [0.29, 0.717) is 5.56 Å². The Kier molecular flexibility index (Phi) is 9.01. The highest BCUT2D eigenvalue weighted by atomic mass is 32.2. The van der Waals surface area contributed by atoms with Crippen LogP contribution in [0.3, 0.4) is 0 Å². The number of alkyl halides is 3. The predicted molar refractivity (Wildman–Crippen MR) is 129 cm³/mol. The molecule has 1 heterocycles. The van der Waals surface area contributed by atoms with Crippen LogP contribution in [0.5, 0.6) is 5.75 Å². The normalized spacial score (nSPS) is 21.1. The summed E-state index contributed by atoms with van der Waals surface area (Å²) in [5.74, 6) is -4.62. The summed E-state index contributed by atoms with van der Waals surface area (Å²) < 4.78 is 92.8. The van der Waals surface area contributed by atoms with Gasteiger partial charge < -0.3 is 4.18 Å². The fraction of sp³-hybridized carbons (Fsp3) is 0.520. The lowest BCUT2D eigenvalue weighted by Gasteiger charge is -2.39. The third-order valence-electron chi connectivity index (χ3n) is 7.06. The van der Waals surface area contributed by atoms with Crippen molar-refractivity contribution in [3.05, 3.63) is 59.7 Å². The molecule has 0 radical (unpaired) electrons. The molecule has 0 aromatic heterocycles. The Morgan fingerprint density at radius 2 is 1.51 bits per heavy atom. The molecule has 0 aliphatic carbocycles. The molecule has 0 saturated carbocycles. The van der Waals surface area contributed by atoms with Gasteiger partial charge in [-0.1, -0.05) is 92.7 Å². The first-order chi connectivity index (χ1) is 16.5. The minimum absolute atomic E-state index is 0.156. The Labute approximate surface area is 204 Å². The highest BCUT2D eigenvalue weighted by Gasteiger charge is 2.49. The maximum Gasteiger partial charge on any atom is 0.534 e. The minimum Gasteiger partial charge on any atom is -0.370 e. The molecule has 3 nitrogen and oxygen atoms in total. The highest BCUT2D eigenvalue weighted by molar-refractivity contribution is 7.88. The second-order valence-electron chi connectivity index (χ2n) is 9.38. The van der Waals surface area contributed by atoms with Crippen LogP contribution < -0.4 is 9.37 Å². The SMILES string of the molecule is CCCCCCC[Si]1(c2ccccc2)CCC(c2cc(F)c(OS(=O)(=O)C(F)(F)F)c(F)c2)CC1. The quantitative estimate of drug-likeness (QED) is 0.105. The molecule has 3 rings (SSSR count). The van der Waals surface area contributed by atoms with E-state index in [1.165, 1.54) is 30.9 Å². The molecule has 1 fully saturated rings. The van der Waals surface area contributed by atoms with Crippen LogP contribution in [0.15, 0.2) is 42.5 Å². The van der Waals surface area contributed by atoms with E-state index in [-0.39, 0.29) is 5.92 Å². The van der Waals surface area contributed by atoms with Gasteiger partial charge in [0.05, 0.1) is 8.07 Å². The molecule has 10 heteroatoms. The van der Waals surface area contributed by atoms with Crippen molar-refractivity contribution in [1.82, 2.24) is 0 Å². The van der Waals surface area contributed by atoms with E-state index in [1.807, 2.05) is 18.2 Å². The van der Waals surface area contributed by atoms with Crippen LogP contribution in [-0.2, 0) is 10.1 Å². The number of hydrogen-bond acceptors (Lipinski definition) is 3. The van der Waals surface area contributed by atoms with Gasteiger partial charge >= 0.3 is 15.6 Å². The van der Waals surface area contributed by atoms with Gasteiger partial charge in [0.25, 0.3) is 0 Å². The molecule has 1 aliphatic rings. The first kappa shape index (κ1) is 27.6. The third kappa shape index (κ3) is 6.64. The average molecular weight is 535 g/mol. The Bertz CT molecular complexity index is 1060. The molecule has 35 heavy (non-hydrogen) atoms. The molecule has 0 amide bonds. The van der Waals surface area contributed by atoms with Crippen molar-refractivity contribution in [3.8, 4) is 5.75 Å². The minimum atomic E-state index is -6.17. The molecule has 2 aromatic carbocycles. The zero-order chi connectivity index (χ0) is 25.7. The summed E-state index contributed by atoms with van der Waals surface area (Å²) >= 11 is 0. The molecular weight excluding hydrogens is 503 g/mol. The highest BCUT2D eigenvalue weighted by Crippen LogP contribution is 2.42. The Balaban J connectivity index is 1.75. The van der Waals surface area contributed by atoms with E-state index in [2.05, 4.69) is 23.2 Å². The summed E-state index contributed by atoms with van der Waals surface area (Å²) in [6.07, 6.45) is 7.42. The summed E-state index contributed by atoms with van der Waals surface area (Å²) in [6.45, 7) is 2.18. The van der Waals surface area contributed by atoms with Gasteiger partial charge in [-0.2, -0.15) is 21.6 Å². The molecule has 194 valence electrons. The largest absolute Gasteiger partial charge is 0.534 e. The summed E-state index contributed by atoms with van der Waals surface area (Å²) in [7, 11) is -7.97. The Morgan fingerprint density at radius 1 is 0.943 bits per heavy atom. The molecule has 0 bridgehead atoms. The van der Waals surface area contributed by atoms with Crippen molar-refractivity contribution in [2.45, 2.75) is 81.4 Å². The van der Waals surface area contributed by atoms with E-state index >= 15 is 0 Å². The van der Waals surface area contributed by atoms with Gasteiger partial charge in [0.1, 0.15) is 0 Å². The second kappa shape index (κ2) is 11.4. The van der Waals surface area contributed by atoms with Gasteiger partial charge in [-0.3, -0.25) is 0 Å². The van der Waals surface area contributed by atoms with Crippen LogP contribution in [-0.4, -0.2) is 22.0 Å². The average Bonchev–Trinajstić information content (AvgIpc) is 2.81. The van der Waals surface area contributed by atoms with Crippen LogP contribution >= 0.6 is 0 Å². The van der Waals surface area contributed by atoms with Gasteiger partial charge in [0.15, 0.2) is 11.6 Å². The second-order valence-corrected chi connectivity index (χ2v) is 15.6. The van der Waals surface area contributed by atoms with E-state index in [1.54, 1.807) is 0 Å². The van der Waals surface area contributed by atoms with Crippen molar-refractivity contribution in [3.63, 3.8) is 0 Å². The van der Waals surface area contributed by atoms with Crippen LogP contribution in [0, 0.1) is 11.6 Å². The number of hydrogen-bond donors (Lipinski definition) is 0. The number of benzene rings is 2. The van der Waals surface area contributed by atoms with Crippen molar-refractivity contribution in [2.75, 3.05) is 0 Å². The van der Waals surface area contributed by atoms with Gasteiger partial charge in [-0.15, -0.1) is 0 Å². The first-order valence-electron chi connectivity index (χ1n) is 12.0. The topological polar surface area (TPSA) is 43.4 Å². The summed E-state index contributed by atoms with van der Waals surface area (Å²) in [5.41, 5.74) is -5.47. The molecule has 0 atom stereocenters. The molecular formula is C25H31F5O3SSi. The standard InChI is InChI=1S/C25H31F5O3SSi/c1-2-3-4-5-9-14-35(21-10-7-6-8-11-21)15-12-19(13-16-35)20-17-22(26)24(23(27)18-20)33-34(31,32)25(28,29)30/h6-8,10-11,17-19H,2-5,9,12-16H2,1H3. The number of rotatable bonds is 10. The van der Waals surface area contributed by atoms with E-state index < -0.39 is 41.1 Å². The smallest absolute Gasteiger partial charge is 0.370 e. The lowest BCUT2D eigenvalue weighted by Crippen LogP contribution is -2.49. The van der Waals surface area contributed by atoms with Crippen LogP contribution in [0.2, 0.25) is 18.1 Å². The van der Waals surface area contributed by atoms with Gasteiger partial charge in [-0.25, -0.2) is 8.78 Å². The Hall–Kier alpha value is -1.94. The lowest BCUT2D eigenvalue weighted by atomic mass is 9.93. The van der Waals surface area contributed by atoms with Crippen molar-refractivity contribution >= 4 is 23.4 Å². The van der Waals surface area contributed by atoms with Crippen molar-refractivity contribution < 1.29 is 34.6 Å². The van der Waals surface area contributed by atoms with Crippen LogP contribution in [0.1, 0.15) is 63.4 Å². The molecule has 0 spiro atoms. The van der Waals surface area contributed by atoms with Crippen molar-refractivity contribution in [1.29, 1.82) is 0 Å². The first-order valence-corrected chi connectivity index (χ1v) is 16.1. The zero-order valence-electron chi connectivity index (χ0n) is 19.7. The van der Waals surface area contributed by atoms with Crippen LogP contribution in [0.4, 0.5) is 22.0 Å². The number of halogens is 5. The van der Waals surface area contributed by atoms with Crippen LogP contribution in [0.25, 0.3) is 0 Å². The Morgan fingerprint density at radius 3 is 2.06 bits per heavy atom. The van der Waals surface area contributed by atoms with Gasteiger partial charge in [-0.05, 0) is 36.5 Å². The maximum absolute atomic E-state index is 14.5. The summed E-state index contributed by atoms with van der Waals surface area (Å²) in [4.78, 5) is 0. The molecule has 0 N–H and O–H groups in total. The monoisotopic (exact) mass is 534 g/mol. The van der Waals surface area contributed by atoms with E-state index in [9.17, 15) is 30.4 Å². The summed E-state index contributed by atoms with van der Waals surface area (Å²) in [6, 6.07) is 15.3. The molecule has 0 unspecified atom stereocenters. The molecule has 2 aromatic rings. The predicted octanol–water partition coefficient (Wildman–Crippen LogP) is 7.40. The molecule has 1 saturated heterocycles. The van der Waals surface area contributed by atoms with E-state index in [0.717, 1.165) is 49.5 Å². The van der Waals surface area contributed by atoms with E-state index in [4.69, 9.17) is 0 Å². The maximum atomic E-state index is 14.5. The summed E-state index contributed by atoms with van der Waals surface area (Å²) in [5, 5.41) is 1.40. The number of unbranched alkanes of at least 4 members (excludes halogenated alkanes) is 4. The van der Waals surface area contributed by atoms with Gasteiger partial charge in [0.2, 0.25) is 5.75 Å². The molecule has 1 aliphatic heterocycles. The fourth-order valence-corrected chi connectivity index (χ4v) is 10.8. The fourth-order valence-electron chi connectivity index (χ4n) is 5.10. The lowest BCUT2D eigenvalue weighted by molar-refractivity contribution is -0.0501.